The standard InChI is InChI=1S/C20H31N3O3S/c1-15-8-12-23(13-9-15)11-3-10-21-20(24)19-14-18(7-4-16(19)2)27(25,26)22-17-5-6-17/h4,7,14-15,17,22H,3,5-6,8-13H2,1-2H3,(H,21,24). The molecule has 0 atom stereocenters. The molecular weight excluding hydrogens is 362 g/mol. The van der Waals surface area contributed by atoms with Gasteiger partial charge in [-0.25, -0.2) is 13.1 Å². The zero-order chi connectivity index (χ0) is 19.4. The van der Waals surface area contributed by atoms with E-state index in [0.717, 1.165) is 50.4 Å². The Labute approximate surface area is 162 Å². The normalized spacial score (nSPS) is 19.2. The fraction of sp³-hybridized carbons (Fsp3) is 0.650. The van der Waals surface area contributed by atoms with Gasteiger partial charge in [0.05, 0.1) is 4.90 Å². The first-order valence-electron chi connectivity index (χ1n) is 9.98. The summed E-state index contributed by atoms with van der Waals surface area (Å²) >= 11 is 0. The quantitative estimate of drug-likeness (QED) is 0.664. The zero-order valence-corrected chi connectivity index (χ0v) is 17.1. The first-order chi connectivity index (χ1) is 12.8. The van der Waals surface area contributed by atoms with Crippen molar-refractivity contribution >= 4 is 15.9 Å². The lowest BCUT2D eigenvalue weighted by Crippen LogP contribution is -2.35. The lowest BCUT2D eigenvalue weighted by atomic mass is 9.99. The number of piperidine rings is 1. The predicted octanol–water partition coefficient (Wildman–Crippen LogP) is 2.29. The van der Waals surface area contributed by atoms with Crippen LogP contribution in [0.4, 0.5) is 0 Å². The minimum Gasteiger partial charge on any atom is -0.352 e. The Morgan fingerprint density at radius 2 is 1.89 bits per heavy atom. The molecule has 1 heterocycles. The number of rotatable bonds is 8. The average molecular weight is 394 g/mol. The molecule has 1 amide bonds. The molecule has 0 radical (unpaired) electrons. The van der Waals surface area contributed by atoms with Gasteiger partial charge in [-0.05, 0) is 82.3 Å². The van der Waals surface area contributed by atoms with E-state index in [0.29, 0.717) is 12.1 Å². The van der Waals surface area contributed by atoms with Gasteiger partial charge in [0.25, 0.3) is 5.91 Å². The van der Waals surface area contributed by atoms with Crippen LogP contribution >= 0.6 is 0 Å². The Hall–Kier alpha value is -1.44. The van der Waals surface area contributed by atoms with E-state index in [1.54, 1.807) is 12.1 Å². The number of benzene rings is 1. The number of aryl methyl sites for hydroxylation is 1. The second-order valence-electron chi connectivity index (χ2n) is 8.01. The van der Waals surface area contributed by atoms with Gasteiger partial charge in [-0.1, -0.05) is 13.0 Å². The summed E-state index contributed by atoms with van der Waals surface area (Å²) in [6.07, 6.45) is 5.17. The predicted molar refractivity (Wildman–Crippen MR) is 106 cm³/mol. The smallest absolute Gasteiger partial charge is 0.251 e. The van der Waals surface area contributed by atoms with Crippen LogP contribution in [-0.2, 0) is 10.0 Å². The largest absolute Gasteiger partial charge is 0.352 e. The summed E-state index contributed by atoms with van der Waals surface area (Å²) in [5.74, 6) is 0.616. The summed E-state index contributed by atoms with van der Waals surface area (Å²) in [6, 6.07) is 4.80. The van der Waals surface area contributed by atoms with E-state index < -0.39 is 10.0 Å². The van der Waals surface area contributed by atoms with Crippen LogP contribution in [0.3, 0.4) is 0 Å². The molecule has 1 aromatic carbocycles. The summed E-state index contributed by atoms with van der Waals surface area (Å²) in [6.45, 7) is 8.00. The fourth-order valence-corrected chi connectivity index (χ4v) is 4.72. The van der Waals surface area contributed by atoms with Crippen molar-refractivity contribution in [1.29, 1.82) is 0 Å². The molecule has 1 saturated heterocycles. The molecule has 2 N–H and O–H groups in total. The third-order valence-electron chi connectivity index (χ3n) is 5.48. The molecule has 1 aliphatic carbocycles. The monoisotopic (exact) mass is 393 g/mol. The Kier molecular flexibility index (Phi) is 6.55. The third kappa shape index (κ3) is 5.77. The Bertz CT molecular complexity index is 767. The van der Waals surface area contributed by atoms with Crippen LogP contribution in [-0.4, -0.2) is 51.4 Å². The first-order valence-corrected chi connectivity index (χ1v) is 11.5. The summed E-state index contributed by atoms with van der Waals surface area (Å²) in [7, 11) is -3.55. The molecule has 1 saturated carbocycles. The van der Waals surface area contributed by atoms with Crippen LogP contribution in [0.25, 0.3) is 0 Å². The highest BCUT2D eigenvalue weighted by Gasteiger charge is 2.28. The van der Waals surface area contributed by atoms with Crippen LogP contribution in [0.2, 0.25) is 0 Å². The van der Waals surface area contributed by atoms with E-state index in [9.17, 15) is 13.2 Å². The van der Waals surface area contributed by atoms with Gasteiger partial charge in [0, 0.05) is 18.2 Å². The highest BCUT2D eigenvalue weighted by atomic mass is 32.2. The van der Waals surface area contributed by atoms with Crippen molar-refractivity contribution in [2.45, 2.75) is 56.9 Å². The zero-order valence-electron chi connectivity index (χ0n) is 16.3. The van der Waals surface area contributed by atoms with Gasteiger partial charge in [0.15, 0.2) is 0 Å². The van der Waals surface area contributed by atoms with Gasteiger partial charge >= 0.3 is 0 Å². The number of nitrogens with zero attached hydrogens (tertiary/aromatic N) is 1. The number of likely N-dealkylation sites (tertiary alicyclic amines) is 1. The number of carbonyl (C=O) groups is 1. The van der Waals surface area contributed by atoms with Gasteiger partial charge in [-0.15, -0.1) is 0 Å². The van der Waals surface area contributed by atoms with E-state index in [1.807, 2.05) is 6.92 Å². The number of nitrogens with one attached hydrogen (secondary N) is 2. The van der Waals surface area contributed by atoms with Crippen molar-refractivity contribution in [2.24, 2.45) is 5.92 Å². The Morgan fingerprint density at radius 1 is 1.19 bits per heavy atom. The molecule has 150 valence electrons. The van der Waals surface area contributed by atoms with Crippen molar-refractivity contribution in [3.63, 3.8) is 0 Å². The maximum atomic E-state index is 12.5. The average Bonchev–Trinajstić information content (AvgIpc) is 3.43. The maximum Gasteiger partial charge on any atom is 0.251 e. The molecular formula is C20H31N3O3S. The van der Waals surface area contributed by atoms with Crippen LogP contribution in [0.5, 0.6) is 0 Å². The van der Waals surface area contributed by atoms with Gasteiger partial charge in [0.2, 0.25) is 10.0 Å². The molecule has 1 aromatic rings. The first kappa shape index (κ1) is 20.3. The third-order valence-corrected chi connectivity index (χ3v) is 6.99. The number of carbonyl (C=O) groups excluding carboxylic acids is 1. The highest BCUT2D eigenvalue weighted by Crippen LogP contribution is 2.23. The number of hydrogen-bond acceptors (Lipinski definition) is 4. The summed E-state index contributed by atoms with van der Waals surface area (Å²) in [5, 5.41) is 2.94. The number of amides is 1. The summed E-state index contributed by atoms with van der Waals surface area (Å²) in [4.78, 5) is 15.1. The van der Waals surface area contributed by atoms with Crippen LogP contribution in [0.1, 0.15) is 54.9 Å². The van der Waals surface area contributed by atoms with E-state index in [-0.39, 0.29) is 16.8 Å². The van der Waals surface area contributed by atoms with Gasteiger partial charge in [0.1, 0.15) is 0 Å². The molecule has 0 bridgehead atoms. The molecule has 0 unspecified atom stereocenters. The number of hydrogen-bond donors (Lipinski definition) is 2. The lowest BCUT2D eigenvalue weighted by Gasteiger charge is -2.30. The minimum atomic E-state index is -3.55. The van der Waals surface area contributed by atoms with E-state index in [1.165, 1.54) is 18.9 Å². The van der Waals surface area contributed by atoms with Crippen molar-refractivity contribution < 1.29 is 13.2 Å². The molecule has 1 aliphatic heterocycles. The summed E-state index contributed by atoms with van der Waals surface area (Å²) < 4.78 is 27.4. The summed E-state index contributed by atoms with van der Waals surface area (Å²) in [5.41, 5.74) is 1.21. The molecule has 2 aliphatic rings. The molecule has 3 rings (SSSR count). The SMILES string of the molecule is Cc1ccc(S(=O)(=O)NC2CC2)cc1C(=O)NCCCN1CCC(C)CC1. The second-order valence-corrected chi connectivity index (χ2v) is 9.72. The molecule has 27 heavy (non-hydrogen) atoms. The van der Waals surface area contributed by atoms with Gasteiger partial charge in [-0.2, -0.15) is 0 Å². The van der Waals surface area contributed by atoms with Crippen molar-refractivity contribution in [3.8, 4) is 0 Å². The van der Waals surface area contributed by atoms with Crippen LogP contribution in [0, 0.1) is 12.8 Å². The highest BCUT2D eigenvalue weighted by molar-refractivity contribution is 7.89. The van der Waals surface area contributed by atoms with Gasteiger partial charge in [-0.3, -0.25) is 4.79 Å². The molecule has 2 fully saturated rings. The van der Waals surface area contributed by atoms with E-state index >= 15 is 0 Å². The Morgan fingerprint density at radius 3 is 2.56 bits per heavy atom. The lowest BCUT2D eigenvalue weighted by molar-refractivity contribution is 0.0949. The minimum absolute atomic E-state index is 0.0476. The number of sulfonamides is 1. The Balaban J connectivity index is 1.52. The van der Waals surface area contributed by atoms with Crippen molar-refractivity contribution in [3.05, 3.63) is 29.3 Å². The van der Waals surface area contributed by atoms with Gasteiger partial charge < -0.3 is 10.2 Å². The molecule has 6 nitrogen and oxygen atoms in total. The molecule has 0 aromatic heterocycles. The van der Waals surface area contributed by atoms with E-state index in [2.05, 4.69) is 21.9 Å². The molecule has 7 heteroatoms. The van der Waals surface area contributed by atoms with Crippen LogP contribution in [0.15, 0.2) is 23.1 Å². The fourth-order valence-electron chi connectivity index (χ4n) is 3.39. The topological polar surface area (TPSA) is 78.5 Å². The van der Waals surface area contributed by atoms with Crippen molar-refractivity contribution in [2.75, 3.05) is 26.2 Å². The molecule has 0 spiro atoms. The maximum absolute atomic E-state index is 12.5. The second kappa shape index (κ2) is 8.71. The van der Waals surface area contributed by atoms with Crippen LogP contribution < -0.4 is 10.0 Å². The van der Waals surface area contributed by atoms with E-state index in [4.69, 9.17) is 0 Å². The van der Waals surface area contributed by atoms with Crippen molar-refractivity contribution in [1.82, 2.24) is 14.9 Å².